The molecule has 5 nitrogen and oxygen atoms in total. The van der Waals surface area contributed by atoms with Crippen LogP contribution in [0.1, 0.15) is 40.4 Å². The number of alkyl halides is 3. The molecule has 4 aromatic rings. The molecule has 0 N–H and O–H groups in total. The monoisotopic (exact) mass is 464 g/mol. The normalized spacial score (nSPS) is 16.7. The summed E-state index contributed by atoms with van der Waals surface area (Å²) < 4.78 is 41.3. The van der Waals surface area contributed by atoms with Gasteiger partial charge in [-0.05, 0) is 55.3 Å². The van der Waals surface area contributed by atoms with Crippen LogP contribution in [0.3, 0.4) is 0 Å². The molecule has 0 bridgehead atoms. The van der Waals surface area contributed by atoms with Crippen LogP contribution in [0.5, 0.6) is 0 Å². The number of pyridine rings is 1. The van der Waals surface area contributed by atoms with Crippen molar-refractivity contribution in [3.8, 4) is 11.3 Å². The number of halogens is 3. The third-order valence-corrected chi connectivity index (χ3v) is 6.36. The molecule has 3 heterocycles. The van der Waals surface area contributed by atoms with Crippen LogP contribution >= 0.6 is 0 Å². The Morgan fingerprint density at radius 1 is 1.06 bits per heavy atom. The lowest BCUT2D eigenvalue weighted by atomic mass is 9.93. The minimum atomic E-state index is -4.41. The number of rotatable bonds is 3. The summed E-state index contributed by atoms with van der Waals surface area (Å²) in [6.07, 6.45) is -0.991. The summed E-state index contributed by atoms with van der Waals surface area (Å²) in [5.41, 5.74) is 3.33. The van der Waals surface area contributed by atoms with Crippen molar-refractivity contribution >= 4 is 16.9 Å². The van der Waals surface area contributed by atoms with E-state index < -0.39 is 11.7 Å². The molecule has 1 aliphatic heterocycles. The summed E-state index contributed by atoms with van der Waals surface area (Å²) >= 11 is 0. The highest BCUT2D eigenvalue weighted by Crippen LogP contribution is 2.33. The number of nitrogens with zero attached hydrogens (tertiary/aromatic N) is 4. The molecule has 0 spiro atoms. The highest BCUT2D eigenvalue weighted by Gasteiger charge is 2.31. The molecule has 174 valence electrons. The third-order valence-electron chi connectivity index (χ3n) is 6.36. The summed E-state index contributed by atoms with van der Waals surface area (Å²) in [7, 11) is 1.91. The molecule has 34 heavy (non-hydrogen) atoms. The number of imidazole rings is 1. The fourth-order valence-corrected chi connectivity index (χ4v) is 4.55. The van der Waals surface area contributed by atoms with E-state index in [2.05, 4.69) is 9.97 Å². The number of piperidine rings is 1. The highest BCUT2D eigenvalue weighted by molar-refractivity contribution is 5.97. The van der Waals surface area contributed by atoms with Crippen molar-refractivity contribution in [1.82, 2.24) is 19.4 Å². The summed E-state index contributed by atoms with van der Waals surface area (Å²) in [6.45, 7) is 1.17. The van der Waals surface area contributed by atoms with Gasteiger partial charge < -0.3 is 9.47 Å². The van der Waals surface area contributed by atoms with Crippen molar-refractivity contribution in [2.24, 2.45) is 7.05 Å². The second-order valence-electron chi connectivity index (χ2n) is 8.68. The van der Waals surface area contributed by atoms with Gasteiger partial charge in [-0.15, -0.1) is 0 Å². The molecular weight excluding hydrogens is 441 g/mol. The van der Waals surface area contributed by atoms with Gasteiger partial charge in [0.1, 0.15) is 0 Å². The first-order valence-electron chi connectivity index (χ1n) is 11.1. The largest absolute Gasteiger partial charge is 0.416 e. The number of likely N-dealkylation sites (tertiary alicyclic amines) is 1. The Kier molecular flexibility index (Phi) is 5.59. The van der Waals surface area contributed by atoms with Crippen LogP contribution in [0, 0.1) is 0 Å². The van der Waals surface area contributed by atoms with E-state index in [1.165, 1.54) is 6.07 Å². The molecule has 1 amide bonds. The zero-order valence-corrected chi connectivity index (χ0v) is 18.6. The maximum absolute atomic E-state index is 13.2. The summed E-state index contributed by atoms with van der Waals surface area (Å²) in [5, 5.41) is 0. The lowest BCUT2D eigenvalue weighted by molar-refractivity contribution is -0.137. The van der Waals surface area contributed by atoms with E-state index >= 15 is 0 Å². The summed E-state index contributed by atoms with van der Waals surface area (Å²) in [4.78, 5) is 24.1. The van der Waals surface area contributed by atoms with Gasteiger partial charge in [-0.1, -0.05) is 18.2 Å². The minimum absolute atomic E-state index is 0.0158. The number of carbonyl (C=O) groups is 1. The first kappa shape index (κ1) is 22.1. The first-order valence-corrected chi connectivity index (χ1v) is 11.1. The van der Waals surface area contributed by atoms with Crippen molar-refractivity contribution in [3.63, 3.8) is 0 Å². The second kappa shape index (κ2) is 8.59. The van der Waals surface area contributed by atoms with Crippen LogP contribution in [0.2, 0.25) is 0 Å². The van der Waals surface area contributed by atoms with Gasteiger partial charge >= 0.3 is 6.18 Å². The van der Waals surface area contributed by atoms with E-state index in [0.29, 0.717) is 29.9 Å². The second-order valence-corrected chi connectivity index (χ2v) is 8.68. The molecule has 5 rings (SSSR count). The molecule has 1 aliphatic rings. The Bertz CT molecular complexity index is 1360. The highest BCUT2D eigenvalue weighted by atomic mass is 19.4. The molecule has 8 heteroatoms. The first-order chi connectivity index (χ1) is 16.3. The average Bonchev–Trinajstić information content (AvgIpc) is 3.23. The van der Waals surface area contributed by atoms with Crippen LogP contribution in [0.15, 0.2) is 67.0 Å². The SMILES string of the molecule is Cn1cnc2cc(C(=O)N3CCC[C@H](c4cccc(-c5cccc(C(F)(F)F)c5)n4)C3)ccc21. The number of fused-ring (bicyclic) bond motifs is 1. The Morgan fingerprint density at radius 2 is 1.88 bits per heavy atom. The van der Waals surface area contributed by atoms with Gasteiger partial charge in [-0.2, -0.15) is 13.2 Å². The number of aryl methyl sites for hydroxylation is 1. The fraction of sp³-hybridized carbons (Fsp3) is 0.269. The molecule has 2 aromatic heterocycles. The van der Waals surface area contributed by atoms with Gasteiger partial charge in [0.2, 0.25) is 0 Å². The molecule has 0 aliphatic carbocycles. The number of hydrogen-bond acceptors (Lipinski definition) is 3. The Balaban J connectivity index is 1.37. The maximum Gasteiger partial charge on any atom is 0.416 e. The number of amides is 1. The van der Waals surface area contributed by atoms with Crippen molar-refractivity contribution in [2.45, 2.75) is 24.9 Å². The molecule has 0 saturated carbocycles. The third kappa shape index (κ3) is 4.27. The zero-order chi connectivity index (χ0) is 23.9. The van der Waals surface area contributed by atoms with Crippen LogP contribution in [-0.4, -0.2) is 38.4 Å². The van der Waals surface area contributed by atoms with E-state index in [4.69, 9.17) is 0 Å². The lowest BCUT2D eigenvalue weighted by Crippen LogP contribution is -2.39. The molecular formula is C26H23F3N4O. The topological polar surface area (TPSA) is 51.0 Å². The van der Waals surface area contributed by atoms with E-state index in [1.807, 2.05) is 46.8 Å². The molecule has 1 atom stereocenters. The Morgan fingerprint density at radius 3 is 2.71 bits per heavy atom. The van der Waals surface area contributed by atoms with E-state index in [0.717, 1.165) is 41.7 Å². The molecule has 0 unspecified atom stereocenters. The van der Waals surface area contributed by atoms with Gasteiger partial charge in [-0.25, -0.2) is 4.98 Å². The molecule has 1 saturated heterocycles. The zero-order valence-electron chi connectivity index (χ0n) is 18.6. The van der Waals surface area contributed by atoms with Crippen molar-refractivity contribution in [1.29, 1.82) is 0 Å². The van der Waals surface area contributed by atoms with Crippen molar-refractivity contribution in [3.05, 3.63) is 83.8 Å². The summed E-state index contributed by atoms with van der Waals surface area (Å²) in [5.74, 6) is -0.0340. The van der Waals surface area contributed by atoms with Crippen molar-refractivity contribution in [2.75, 3.05) is 13.1 Å². The van der Waals surface area contributed by atoms with Gasteiger partial charge in [0.25, 0.3) is 5.91 Å². The predicted molar refractivity (Wildman–Crippen MR) is 123 cm³/mol. The van der Waals surface area contributed by atoms with Crippen LogP contribution in [0.25, 0.3) is 22.3 Å². The molecule has 1 fully saturated rings. The number of carbonyl (C=O) groups excluding carboxylic acids is 1. The number of hydrogen-bond donors (Lipinski definition) is 0. The average molecular weight is 464 g/mol. The van der Waals surface area contributed by atoms with Gasteiger partial charge in [0.15, 0.2) is 0 Å². The minimum Gasteiger partial charge on any atom is -0.338 e. The Labute approximate surface area is 194 Å². The summed E-state index contributed by atoms with van der Waals surface area (Å²) in [6, 6.07) is 16.2. The lowest BCUT2D eigenvalue weighted by Gasteiger charge is -2.32. The quantitative estimate of drug-likeness (QED) is 0.392. The maximum atomic E-state index is 13.2. The Hall–Kier alpha value is -3.68. The van der Waals surface area contributed by atoms with Crippen LogP contribution in [-0.2, 0) is 13.2 Å². The van der Waals surface area contributed by atoms with Crippen LogP contribution < -0.4 is 0 Å². The molecule has 2 aromatic carbocycles. The van der Waals surface area contributed by atoms with E-state index in [1.54, 1.807) is 18.5 Å². The van der Waals surface area contributed by atoms with E-state index in [-0.39, 0.29) is 11.8 Å². The predicted octanol–water partition coefficient (Wildman–Crippen LogP) is 5.67. The fourth-order valence-electron chi connectivity index (χ4n) is 4.55. The van der Waals surface area contributed by atoms with Gasteiger partial charge in [0, 0.05) is 42.9 Å². The number of aromatic nitrogens is 3. The van der Waals surface area contributed by atoms with E-state index in [9.17, 15) is 18.0 Å². The van der Waals surface area contributed by atoms with Gasteiger partial charge in [-0.3, -0.25) is 9.78 Å². The van der Waals surface area contributed by atoms with Crippen LogP contribution in [0.4, 0.5) is 13.2 Å². The smallest absolute Gasteiger partial charge is 0.338 e. The standard InChI is InChI=1S/C26H23F3N4O/c1-32-16-30-23-14-18(10-11-24(23)32)25(34)33-12-4-6-19(15-33)22-9-3-8-21(31-22)17-5-2-7-20(13-17)26(27,28)29/h2-3,5,7-11,13-14,16,19H,4,6,12,15H2,1H3/t19-/m0/s1. The van der Waals surface area contributed by atoms with Crippen molar-refractivity contribution < 1.29 is 18.0 Å². The van der Waals surface area contributed by atoms with Gasteiger partial charge in [0.05, 0.1) is 28.6 Å². The molecule has 0 radical (unpaired) electrons. The number of benzene rings is 2.